The van der Waals surface area contributed by atoms with Crippen molar-refractivity contribution in [1.82, 2.24) is 10.3 Å². The summed E-state index contributed by atoms with van der Waals surface area (Å²) in [7, 11) is 1.89. The van der Waals surface area contributed by atoms with Crippen LogP contribution >= 0.6 is 0 Å². The van der Waals surface area contributed by atoms with Crippen LogP contribution in [0.15, 0.2) is 30.3 Å². The molecule has 1 heterocycles. The van der Waals surface area contributed by atoms with Crippen LogP contribution in [-0.2, 0) is 6.54 Å². The molecule has 0 saturated carbocycles. The van der Waals surface area contributed by atoms with Crippen molar-refractivity contribution in [3.05, 3.63) is 52.7 Å². The number of hydrogen-bond donors (Lipinski definition) is 2. The number of aromatic nitrogens is 1. The lowest BCUT2D eigenvalue weighted by Gasteiger charge is -2.12. The highest BCUT2D eigenvalue weighted by Crippen LogP contribution is 2.26. The van der Waals surface area contributed by atoms with Gasteiger partial charge in [0, 0.05) is 12.2 Å². The number of rotatable bonds is 5. The molecule has 0 spiro atoms. The number of pyridine rings is 1. The first-order chi connectivity index (χ1) is 10.0. The van der Waals surface area contributed by atoms with Crippen LogP contribution in [-0.4, -0.2) is 17.9 Å². The Kier molecular flexibility index (Phi) is 4.55. The minimum atomic E-state index is -0.540. The highest BCUT2D eigenvalue weighted by atomic mass is 16.5. The molecule has 0 atom stereocenters. The lowest BCUT2D eigenvalue weighted by molar-refractivity contribution is 0.0997. The number of ether oxygens (including phenoxy) is 1. The minimum absolute atomic E-state index is 0.251. The van der Waals surface area contributed by atoms with E-state index in [4.69, 9.17) is 10.5 Å². The summed E-state index contributed by atoms with van der Waals surface area (Å²) in [4.78, 5) is 15.9. The molecular weight excluding hydrogens is 266 g/mol. The van der Waals surface area contributed by atoms with Gasteiger partial charge in [-0.1, -0.05) is 12.1 Å². The molecule has 2 rings (SSSR count). The second kappa shape index (κ2) is 6.37. The van der Waals surface area contributed by atoms with Gasteiger partial charge in [-0.05, 0) is 50.2 Å². The average molecular weight is 285 g/mol. The Morgan fingerprint density at radius 3 is 2.52 bits per heavy atom. The first kappa shape index (κ1) is 15.0. The van der Waals surface area contributed by atoms with Crippen molar-refractivity contribution >= 4 is 5.91 Å². The third kappa shape index (κ3) is 3.58. The molecule has 0 unspecified atom stereocenters. The van der Waals surface area contributed by atoms with E-state index in [2.05, 4.69) is 10.3 Å². The van der Waals surface area contributed by atoms with Crippen molar-refractivity contribution in [1.29, 1.82) is 0 Å². The number of primary amides is 1. The molecule has 5 nitrogen and oxygen atoms in total. The monoisotopic (exact) mass is 285 g/mol. The zero-order valence-corrected chi connectivity index (χ0v) is 12.4. The summed E-state index contributed by atoms with van der Waals surface area (Å²) in [6.07, 6.45) is 0. The number of nitrogens with one attached hydrogen (secondary N) is 1. The summed E-state index contributed by atoms with van der Waals surface area (Å²) >= 11 is 0. The Bertz CT molecular complexity index is 651. The van der Waals surface area contributed by atoms with E-state index >= 15 is 0 Å². The van der Waals surface area contributed by atoms with Crippen molar-refractivity contribution in [2.24, 2.45) is 5.73 Å². The van der Waals surface area contributed by atoms with Crippen LogP contribution in [0.3, 0.4) is 0 Å². The van der Waals surface area contributed by atoms with Crippen LogP contribution in [0.1, 0.15) is 27.2 Å². The smallest absolute Gasteiger partial charge is 0.254 e. The molecule has 0 saturated heterocycles. The number of amides is 1. The maximum Gasteiger partial charge on any atom is 0.254 e. The Labute approximate surface area is 124 Å². The van der Waals surface area contributed by atoms with E-state index in [-0.39, 0.29) is 5.88 Å². The van der Waals surface area contributed by atoms with Crippen LogP contribution in [0.25, 0.3) is 0 Å². The summed E-state index contributed by atoms with van der Waals surface area (Å²) in [6, 6.07) is 9.41. The van der Waals surface area contributed by atoms with Gasteiger partial charge in [0.2, 0.25) is 5.88 Å². The van der Waals surface area contributed by atoms with Gasteiger partial charge in [0.1, 0.15) is 11.3 Å². The lowest BCUT2D eigenvalue weighted by Crippen LogP contribution is -2.15. The molecule has 110 valence electrons. The minimum Gasteiger partial charge on any atom is -0.438 e. The number of hydrogen-bond acceptors (Lipinski definition) is 4. The van der Waals surface area contributed by atoms with Gasteiger partial charge in [0.15, 0.2) is 0 Å². The van der Waals surface area contributed by atoms with Crippen molar-refractivity contribution in [3.63, 3.8) is 0 Å². The summed E-state index contributed by atoms with van der Waals surface area (Å²) < 4.78 is 5.73. The number of carbonyl (C=O) groups is 1. The predicted octanol–water partition coefficient (Wildman–Crippen LogP) is 2.31. The zero-order chi connectivity index (χ0) is 15.4. The fourth-order valence-corrected chi connectivity index (χ4v) is 2.17. The number of benzene rings is 1. The molecule has 3 N–H and O–H groups in total. The van der Waals surface area contributed by atoms with E-state index in [9.17, 15) is 4.79 Å². The lowest BCUT2D eigenvalue weighted by atomic mass is 10.1. The number of nitrogens with zero attached hydrogens (tertiary/aromatic N) is 1. The number of carbonyl (C=O) groups excluding carboxylic acids is 1. The summed E-state index contributed by atoms with van der Waals surface area (Å²) in [5.41, 5.74) is 8.42. The normalized spacial score (nSPS) is 10.4. The molecule has 5 heteroatoms. The van der Waals surface area contributed by atoms with Gasteiger partial charge in [0.05, 0.1) is 0 Å². The van der Waals surface area contributed by atoms with E-state index in [1.54, 1.807) is 0 Å². The van der Waals surface area contributed by atoms with Crippen LogP contribution in [0.2, 0.25) is 0 Å². The number of aryl methyl sites for hydroxylation is 2. The fourth-order valence-electron chi connectivity index (χ4n) is 2.17. The highest BCUT2D eigenvalue weighted by molar-refractivity contribution is 5.96. The molecule has 1 amide bonds. The van der Waals surface area contributed by atoms with Crippen LogP contribution in [0.4, 0.5) is 0 Å². The van der Waals surface area contributed by atoms with Gasteiger partial charge in [0.25, 0.3) is 5.91 Å². The summed E-state index contributed by atoms with van der Waals surface area (Å²) in [6.45, 7) is 4.45. The molecule has 0 aliphatic carbocycles. The van der Waals surface area contributed by atoms with Gasteiger partial charge in [-0.3, -0.25) is 4.79 Å². The van der Waals surface area contributed by atoms with Gasteiger partial charge in [-0.2, -0.15) is 0 Å². The molecule has 0 fully saturated rings. The number of nitrogens with two attached hydrogens (primary N) is 1. The highest BCUT2D eigenvalue weighted by Gasteiger charge is 2.16. The van der Waals surface area contributed by atoms with Crippen molar-refractivity contribution < 1.29 is 9.53 Å². The first-order valence-corrected chi connectivity index (χ1v) is 6.70. The van der Waals surface area contributed by atoms with Crippen LogP contribution in [0, 0.1) is 13.8 Å². The fraction of sp³-hybridized carbons (Fsp3) is 0.250. The SMILES string of the molecule is CNCc1ccc(Oc2nc(C)cc(C)c2C(N)=O)cc1. The molecule has 1 aromatic heterocycles. The maximum absolute atomic E-state index is 11.6. The Morgan fingerprint density at radius 2 is 1.95 bits per heavy atom. The summed E-state index contributed by atoms with van der Waals surface area (Å²) in [5.74, 6) is 0.332. The van der Waals surface area contributed by atoms with E-state index < -0.39 is 5.91 Å². The van der Waals surface area contributed by atoms with Gasteiger partial charge < -0.3 is 15.8 Å². The molecular formula is C16H19N3O2. The van der Waals surface area contributed by atoms with Gasteiger partial charge >= 0.3 is 0 Å². The van der Waals surface area contributed by atoms with Gasteiger partial charge in [-0.15, -0.1) is 0 Å². The Balaban J connectivity index is 2.32. The largest absolute Gasteiger partial charge is 0.438 e. The predicted molar refractivity (Wildman–Crippen MR) is 81.5 cm³/mol. The molecule has 2 aromatic rings. The molecule has 0 bridgehead atoms. The second-order valence-corrected chi connectivity index (χ2v) is 4.90. The molecule has 1 aromatic carbocycles. The third-order valence-corrected chi connectivity index (χ3v) is 3.08. The first-order valence-electron chi connectivity index (χ1n) is 6.70. The van der Waals surface area contributed by atoms with Crippen molar-refractivity contribution in [2.45, 2.75) is 20.4 Å². The average Bonchev–Trinajstić information content (AvgIpc) is 2.40. The quantitative estimate of drug-likeness (QED) is 0.883. The Morgan fingerprint density at radius 1 is 1.29 bits per heavy atom. The molecule has 0 aliphatic heterocycles. The zero-order valence-electron chi connectivity index (χ0n) is 12.4. The van der Waals surface area contributed by atoms with Crippen LogP contribution < -0.4 is 15.8 Å². The van der Waals surface area contributed by atoms with Crippen molar-refractivity contribution in [3.8, 4) is 11.6 Å². The van der Waals surface area contributed by atoms with E-state index in [0.29, 0.717) is 11.3 Å². The second-order valence-electron chi connectivity index (χ2n) is 4.90. The van der Waals surface area contributed by atoms with Crippen LogP contribution in [0.5, 0.6) is 11.6 Å². The van der Waals surface area contributed by atoms with E-state index in [1.807, 2.05) is 51.2 Å². The maximum atomic E-state index is 11.6. The Hall–Kier alpha value is -2.40. The third-order valence-electron chi connectivity index (χ3n) is 3.08. The van der Waals surface area contributed by atoms with Gasteiger partial charge in [-0.25, -0.2) is 4.98 Å². The molecule has 0 aliphatic rings. The van der Waals surface area contributed by atoms with E-state index in [0.717, 1.165) is 23.4 Å². The topological polar surface area (TPSA) is 77.2 Å². The molecule has 0 radical (unpaired) electrons. The standard InChI is InChI=1S/C16H19N3O2/c1-10-8-11(2)19-16(14(10)15(17)20)21-13-6-4-12(5-7-13)9-18-3/h4-8,18H,9H2,1-3H3,(H2,17,20). The van der Waals surface area contributed by atoms with E-state index in [1.165, 1.54) is 0 Å². The summed E-state index contributed by atoms with van der Waals surface area (Å²) in [5, 5.41) is 3.08. The molecule has 21 heavy (non-hydrogen) atoms. The van der Waals surface area contributed by atoms with Crippen molar-refractivity contribution in [2.75, 3.05) is 7.05 Å².